The molecule has 0 fully saturated rings. The fourth-order valence-electron chi connectivity index (χ4n) is 2.25. The van der Waals surface area contributed by atoms with Gasteiger partial charge in [-0.1, -0.05) is 42.0 Å². The third-order valence-electron chi connectivity index (χ3n) is 3.46. The molecule has 0 aliphatic heterocycles. The van der Waals surface area contributed by atoms with Crippen molar-refractivity contribution >= 4 is 0 Å². The van der Waals surface area contributed by atoms with Crippen molar-refractivity contribution in [2.24, 2.45) is 7.05 Å². The lowest BCUT2D eigenvalue weighted by molar-refractivity contribution is 0.307. The minimum atomic E-state index is 0.557. The molecule has 0 spiro atoms. The summed E-state index contributed by atoms with van der Waals surface area (Å²) in [6, 6.07) is 16.4. The zero-order valence-corrected chi connectivity index (χ0v) is 12.3. The van der Waals surface area contributed by atoms with Crippen molar-refractivity contribution in [1.82, 2.24) is 9.55 Å². The predicted molar refractivity (Wildman–Crippen MR) is 84.2 cm³/mol. The van der Waals surface area contributed by atoms with Crippen molar-refractivity contribution in [1.29, 1.82) is 0 Å². The first-order chi connectivity index (χ1) is 10.2. The van der Waals surface area contributed by atoms with E-state index in [9.17, 15) is 0 Å². The zero-order valence-electron chi connectivity index (χ0n) is 12.3. The lowest BCUT2D eigenvalue weighted by atomic mass is 10.1. The van der Waals surface area contributed by atoms with E-state index in [-0.39, 0.29) is 0 Å². The number of para-hydroxylation sites is 1. The Labute approximate surface area is 124 Å². The number of aromatic nitrogens is 2. The van der Waals surface area contributed by atoms with E-state index < -0.39 is 0 Å². The summed E-state index contributed by atoms with van der Waals surface area (Å²) in [6.45, 7) is 2.64. The Balaban J connectivity index is 1.83. The molecular weight excluding hydrogens is 260 g/mol. The molecule has 21 heavy (non-hydrogen) atoms. The molecular formula is C18H18N2O. The number of rotatable bonds is 4. The number of nitrogens with zero attached hydrogens (tertiary/aromatic N) is 2. The smallest absolute Gasteiger partial charge is 0.143 e. The topological polar surface area (TPSA) is 27.1 Å². The Hall–Kier alpha value is -2.55. The van der Waals surface area contributed by atoms with Crippen LogP contribution in [0.4, 0.5) is 0 Å². The van der Waals surface area contributed by atoms with Crippen molar-refractivity contribution in [3.05, 3.63) is 72.1 Å². The van der Waals surface area contributed by atoms with Gasteiger partial charge in [-0.15, -0.1) is 0 Å². The number of benzene rings is 2. The van der Waals surface area contributed by atoms with E-state index in [2.05, 4.69) is 36.2 Å². The zero-order chi connectivity index (χ0) is 14.7. The highest BCUT2D eigenvalue weighted by atomic mass is 16.5. The van der Waals surface area contributed by atoms with E-state index >= 15 is 0 Å². The first kappa shape index (κ1) is 13.4. The van der Waals surface area contributed by atoms with Crippen LogP contribution in [0.15, 0.2) is 60.9 Å². The molecule has 1 aromatic heterocycles. The van der Waals surface area contributed by atoms with Crippen molar-refractivity contribution in [2.75, 3.05) is 0 Å². The molecule has 106 valence electrons. The summed E-state index contributed by atoms with van der Waals surface area (Å²) in [5, 5.41) is 0. The first-order valence-corrected chi connectivity index (χ1v) is 6.99. The minimum Gasteiger partial charge on any atom is -0.488 e. The highest BCUT2D eigenvalue weighted by Gasteiger charge is 2.09. The molecule has 0 unspecified atom stereocenters. The van der Waals surface area contributed by atoms with Crippen LogP contribution >= 0.6 is 0 Å². The van der Waals surface area contributed by atoms with Crippen LogP contribution in [0.3, 0.4) is 0 Å². The lowest BCUT2D eigenvalue weighted by Crippen LogP contribution is -1.99. The number of aryl methyl sites for hydroxylation is 2. The Bertz CT molecular complexity index is 729. The molecule has 0 N–H and O–H groups in total. The van der Waals surface area contributed by atoms with Gasteiger partial charge in [0.25, 0.3) is 0 Å². The molecule has 3 heteroatoms. The maximum absolute atomic E-state index is 5.99. The van der Waals surface area contributed by atoms with Crippen LogP contribution < -0.4 is 4.74 Å². The van der Waals surface area contributed by atoms with Crippen molar-refractivity contribution in [3.63, 3.8) is 0 Å². The highest BCUT2D eigenvalue weighted by Crippen LogP contribution is 2.28. The lowest BCUT2D eigenvalue weighted by Gasteiger charge is -2.11. The van der Waals surface area contributed by atoms with E-state index in [1.807, 2.05) is 42.1 Å². The fraction of sp³-hybridized carbons (Fsp3) is 0.167. The average Bonchev–Trinajstić information content (AvgIpc) is 2.93. The van der Waals surface area contributed by atoms with Crippen LogP contribution in [-0.2, 0) is 13.7 Å². The molecule has 0 aliphatic carbocycles. The van der Waals surface area contributed by atoms with Crippen LogP contribution in [0.2, 0.25) is 0 Å². The molecule has 0 aliphatic rings. The van der Waals surface area contributed by atoms with Gasteiger partial charge in [0.1, 0.15) is 18.2 Å². The minimum absolute atomic E-state index is 0.557. The van der Waals surface area contributed by atoms with Crippen LogP contribution in [-0.4, -0.2) is 9.55 Å². The van der Waals surface area contributed by atoms with Crippen LogP contribution in [0, 0.1) is 6.92 Å². The summed E-state index contributed by atoms with van der Waals surface area (Å²) >= 11 is 0. The van der Waals surface area contributed by atoms with Crippen molar-refractivity contribution in [2.45, 2.75) is 13.5 Å². The Morgan fingerprint density at radius 2 is 1.81 bits per heavy atom. The summed E-state index contributed by atoms with van der Waals surface area (Å²) in [5.74, 6) is 1.77. The maximum atomic E-state index is 5.99. The highest BCUT2D eigenvalue weighted by molar-refractivity contribution is 5.64. The molecule has 3 aromatic rings. The third kappa shape index (κ3) is 2.97. The van der Waals surface area contributed by atoms with Crippen molar-refractivity contribution < 1.29 is 4.74 Å². The van der Waals surface area contributed by atoms with Gasteiger partial charge in [-0.25, -0.2) is 4.98 Å². The number of hydrogen-bond acceptors (Lipinski definition) is 2. The first-order valence-electron chi connectivity index (χ1n) is 6.99. The fourth-order valence-corrected chi connectivity index (χ4v) is 2.25. The van der Waals surface area contributed by atoms with Gasteiger partial charge in [0.15, 0.2) is 0 Å². The van der Waals surface area contributed by atoms with E-state index in [1.165, 1.54) is 5.56 Å². The summed E-state index contributed by atoms with van der Waals surface area (Å²) in [5.41, 5.74) is 3.43. The van der Waals surface area contributed by atoms with Gasteiger partial charge in [0, 0.05) is 19.4 Å². The molecule has 0 saturated carbocycles. The summed E-state index contributed by atoms with van der Waals surface area (Å²) in [4.78, 5) is 4.40. The monoisotopic (exact) mass is 278 g/mol. The van der Waals surface area contributed by atoms with E-state index in [4.69, 9.17) is 4.74 Å². The summed E-state index contributed by atoms with van der Waals surface area (Å²) < 4.78 is 7.98. The average molecular weight is 278 g/mol. The van der Waals surface area contributed by atoms with Crippen LogP contribution in [0.1, 0.15) is 11.1 Å². The van der Waals surface area contributed by atoms with Gasteiger partial charge < -0.3 is 9.30 Å². The quantitative estimate of drug-likeness (QED) is 0.722. The predicted octanol–water partition coefficient (Wildman–Crippen LogP) is 3.97. The molecule has 2 aromatic carbocycles. The van der Waals surface area contributed by atoms with Crippen molar-refractivity contribution in [3.8, 4) is 17.1 Å². The molecule has 1 heterocycles. The molecule has 3 nitrogen and oxygen atoms in total. The Morgan fingerprint density at radius 3 is 2.52 bits per heavy atom. The van der Waals surface area contributed by atoms with Gasteiger partial charge in [0.05, 0.1) is 5.56 Å². The van der Waals surface area contributed by atoms with Gasteiger partial charge in [0.2, 0.25) is 0 Å². The van der Waals surface area contributed by atoms with Crippen LogP contribution in [0.5, 0.6) is 5.75 Å². The summed E-state index contributed by atoms with van der Waals surface area (Å²) in [6.07, 6.45) is 3.73. The Morgan fingerprint density at radius 1 is 1.05 bits per heavy atom. The molecule has 0 bridgehead atoms. The standard InChI is InChI=1S/C18H18N2O/c1-14-7-9-15(10-8-14)13-21-17-6-4-3-5-16(17)18-19-11-12-20(18)2/h3-12H,13H2,1-2H3. The summed E-state index contributed by atoms with van der Waals surface area (Å²) in [7, 11) is 1.99. The van der Waals surface area contributed by atoms with E-state index in [0.29, 0.717) is 6.61 Å². The van der Waals surface area contributed by atoms with E-state index in [1.54, 1.807) is 6.20 Å². The number of imidazole rings is 1. The molecule has 0 saturated heterocycles. The van der Waals surface area contributed by atoms with Gasteiger partial charge in [-0.05, 0) is 24.6 Å². The molecule has 0 amide bonds. The Kier molecular flexibility index (Phi) is 3.73. The molecule has 0 atom stereocenters. The number of hydrogen-bond donors (Lipinski definition) is 0. The number of ether oxygens (including phenoxy) is 1. The molecule has 0 radical (unpaired) electrons. The second kappa shape index (κ2) is 5.83. The maximum Gasteiger partial charge on any atom is 0.143 e. The molecule has 3 rings (SSSR count). The largest absolute Gasteiger partial charge is 0.488 e. The van der Waals surface area contributed by atoms with Gasteiger partial charge in [-0.2, -0.15) is 0 Å². The van der Waals surface area contributed by atoms with Gasteiger partial charge in [-0.3, -0.25) is 0 Å². The second-order valence-electron chi connectivity index (χ2n) is 5.13. The second-order valence-corrected chi connectivity index (χ2v) is 5.13. The van der Waals surface area contributed by atoms with E-state index in [0.717, 1.165) is 22.7 Å². The normalized spacial score (nSPS) is 10.6. The van der Waals surface area contributed by atoms with Crippen LogP contribution in [0.25, 0.3) is 11.4 Å². The third-order valence-corrected chi connectivity index (χ3v) is 3.46. The SMILES string of the molecule is Cc1ccc(COc2ccccc2-c2nccn2C)cc1. The van der Waals surface area contributed by atoms with Gasteiger partial charge >= 0.3 is 0 Å².